The number of ether oxygens (including phenoxy) is 1. The molecule has 54 heavy (non-hydrogen) atoms. The fourth-order valence-electron chi connectivity index (χ4n) is 6.59. The molecule has 1 atom stereocenters. The number of benzene rings is 2. The van der Waals surface area contributed by atoms with Gasteiger partial charge in [0, 0.05) is 13.0 Å². The zero-order valence-electron chi connectivity index (χ0n) is 33.5. The van der Waals surface area contributed by atoms with E-state index in [4.69, 9.17) is 4.74 Å². The Balaban J connectivity index is 1.71. The highest BCUT2D eigenvalue weighted by molar-refractivity contribution is 7.89. The van der Waals surface area contributed by atoms with Crippen LogP contribution in [0.15, 0.2) is 70.0 Å². The lowest BCUT2D eigenvalue weighted by molar-refractivity contribution is -0.146. The van der Waals surface area contributed by atoms with Gasteiger partial charge in [-0.2, -0.15) is 8.61 Å². The number of aryl methyl sites for hydroxylation is 2. The van der Waals surface area contributed by atoms with Crippen molar-refractivity contribution in [2.45, 2.75) is 159 Å². The molecule has 1 unspecified atom stereocenters. The van der Waals surface area contributed by atoms with Crippen LogP contribution >= 0.6 is 0 Å². The quantitative estimate of drug-likeness (QED) is 0.0430. The van der Waals surface area contributed by atoms with E-state index in [1.807, 2.05) is 19.9 Å². The molecule has 1 aliphatic rings. The highest BCUT2D eigenvalue weighted by Crippen LogP contribution is 2.28. The summed E-state index contributed by atoms with van der Waals surface area (Å²) in [6.07, 6.45) is 21.6. The first kappa shape index (κ1) is 45.4. The maximum Gasteiger partial charge on any atom is 0.321 e. The molecule has 0 radical (unpaired) electrons. The summed E-state index contributed by atoms with van der Waals surface area (Å²) in [4.78, 5) is 13.9. The van der Waals surface area contributed by atoms with Crippen molar-refractivity contribution in [3.8, 4) is 11.8 Å². The highest BCUT2D eigenvalue weighted by atomic mass is 32.2. The molecule has 8 nitrogen and oxygen atoms in total. The van der Waals surface area contributed by atoms with Crippen molar-refractivity contribution >= 4 is 26.0 Å². The lowest BCUT2D eigenvalue weighted by atomic mass is 10.1. The van der Waals surface area contributed by atoms with Gasteiger partial charge >= 0.3 is 5.97 Å². The highest BCUT2D eigenvalue weighted by Gasteiger charge is 2.38. The van der Waals surface area contributed by atoms with Gasteiger partial charge in [-0.1, -0.05) is 151 Å². The first-order chi connectivity index (χ1) is 26.0. The number of nitrogens with zero attached hydrogens (tertiary/aromatic N) is 2. The fourth-order valence-corrected chi connectivity index (χ4v) is 9.31. The summed E-state index contributed by atoms with van der Waals surface area (Å²) in [6.45, 7) is 7.61. The molecule has 10 heteroatoms. The van der Waals surface area contributed by atoms with Crippen LogP contribution in [0.2, 0.25) is 0 Å². The van der Waals surface area contributed by atoms with Crippen LogP contribution in [0.4, 0.5) is 0 Å². The molecule has 0 amide bonds. The van der Waals surface area contributed by atoms with E-state index in [2.05, 4.69) is 25.7 Å². The Kier molecular flexibility index (Phi) is 20.6. The van der Waals surface area contributed by atoms with Gasteiger partial charge in [-0.25, -0.2) is 16.8 Å². The molecular formula is C44H66N2O6S2. The van der Waals surface area contributed by atoms with Crippen LogP contribution < -0.4 is 0 Å². The number of carbonyl (C=O) groups excluding carboxylic acids is 1. The number of hydrogen-bond donors (Lipinski definition) is 0. The molecule has 1 aliphatic heterocycles. The van der Waals surface area contributed by atoms with Crippen LogP contribution in [0.25, 0.3) is 0 Å². The molecule has 0 N–H and O–H groups in total. The third kappa shape index (κ3) is 15.6. The summed E-state index contributed by atoms with van der Waals surface area (Å²) in [6, 6.07) is 13.2. The van der Waals surface area contributed by atoms with E-state index in [0.29, 0.717) is 6.42 Å². The summed E-state index contributed by atoms with van der Waals surface area (Å²) in [5.74, 6) is 5.37. The smallest absolute Gasteiger partial charge is 0.321 e. The Labute approximate surface area is 328 Å². The molecule has 1 saturated heterocycles. The van der Waals surface area contributed by atoms with Gasteiger partial charge < -0.3 is 4.74 Å². The molecule has 300 valence electrons. The minimum Gasteiger partial charge on any atom is -0.455 e. The fraction of sp³-hybridized carbons (Fsp3) is 0.614. The third-order valence-electron chi connectivity index (χ3n) is 10.0. The maximum absolute atomic E-state index is 13.8. The van der Waals surface area contributed by atoms with Crippen LogP contribution in [-0.2, 0) is 29.6 Å². The number of allylic oxidation sites excluding steroid dienone is 1. The third-order valence-corrected chi connectivity index (χ3v) is 13.7. The Bertz CT molecular complexity index is 1710. The monoisotopic (exact) mass is 782 g/mol. The van der Waals surface area contributed by atoms with Gasteiger partial charge in [-0.05, 0) is 62.9 Å². The Hall–Kier alpha value is -2.97. The molecule has 0 saturated carbocycles. The summed E-state index contributed by atoms with van der Waals surface area (Å²) in [7, 11) is -7.91. The molecule has 3 rings (SSSR count). The molecule has 0 spiro atoms. The van der Waals surface area contributed by atoms with Crippen molar-refractivity contribution in [3.05, 3.63) is 71.3 Å². The average molecular weight is 783 g/mol. The first-order valence-corrected chi connectivity index (χ1v) is 23.3. The normalized spacial score (nSPS) is 15.8. The molecule has 0 aromatic heterocycles. The first-order valence-electron chi connectivity index (χ1n) is 20.5. The van der Waals surface area contributed by atoms with Crippen LogP contribution in [-0.4, -0.2) is 63.7 Å². The van der Waals surface area contributed by atoms with Gasteiger partial charge in [-0.3, -0.25) is 4.79 Å². The van der Waals surface area contributed by atoms with Crippen LogP contribution in [0, 0.1) is 25.7 Å². The minimum atomic E-state index is -4.07. The molecule has 2 aromatic rings. The van der Waals surface area contributed by atoms with E-state index in [1.54, 1.807) is 36.4 Å². The van der Waals surface area contributed by atoms with Crippen molar-refractivity contribution in [3.63, 3.8) is 0 Å². The summed E-state index contributed by atoms with van der Waals surface area (Å²) in [5, 5.41) is 0. The van der Waals surface area contributed by atoms with Gasteiger partial charge in [0.1, 0.15) is 12.6 Å². The molecule has 1 heterocycles. The number of unbranched alkanes of at least 4 members (excludes halogenated alkanes) is 16. The van der Waals surface area contributed by atoms with E-state index in [1.165, 1.54) is 87.1 Å². The number of carbonyl (C=O) groups is 1. The molecule has 2 aromatic carbocycles. The Morgan fingerprint density at radius 2 is 1.22 bits per heavy atom. The van der Waals surface area contributed by atoms with Crippen LogP contribution in [0.3, 0.4) is 0 Å². The van der Waals surface area contributed by atoms with Gasteiger partial charge in [-0.15, -0.1) is 5.92 Å². The summed E-state index contributed by atoms with van der Waals surface area (Å²) < 4.78 is 63.4. The van der Waals surface area contributed by atoms with Gasteiger partial charge in [0.15, 0.2) is 0 Å². The van der Waals surface area contributed by atoms with E-state index >= 15 is 0 Å². The predicted octanol–water partition coefficient (Wildman–Crippen LogP) is 9.90. The Morgan fingerprint density at radius 3 is 1.78 bits per heavy atom. The maximum atomic E-state index is 13.8. The largest absolute Gasteiger partial charge is 0.455 e. The van der Waals surface area contributed by atoms with E-state index in [-0.39, 0.29) is 29.4 Å². The van der Waals surface area contributed by atoms with Gasteiger partial charge in [0.25, 0.3) is 0 Å². The molecule has 1 fully saturated rings. The zero-order chi connectivity index (χ0) is 39.2. The number of rotatable bonds is 25. The standard InChI is InChI=1S/C44H66N2O6S2/c1-5-7-9-11-13-15-16-18-20-22-24-34-45(53(48,49)41-30-26-38(3)27-31-41)37-44(47)52-43-36-46(54(50,51)42-32-28-39(4)29-33-42)35-40(43)25-23-21-19-17-14-12-10-8-6-2/h25-33,43H,5-21,23,34-37H2,1-4H3/b40-25+. The zero-order valence-corrected chi connectivity index (χ0v) is 35.1. The number of sulfonamides is 2. The van der Waals surface area contributed by atoms with Crippen LogP contribution in [0.1, 0.15) is 141 Å². The van der Waals surface area contributed by atoms with E-state index in [9.17, 15) is 21.6 Å². The van der Waals surface area contributed by atoms with Gasteiger partial charge in [0.05, 0.1) is 22.9 Å². The molecule has 0 aliphatic carbocycles. The second-order valence-electron chi connectivity index (χ2n) is 14.8. The SMILES string of the molecule is CCCCCCCCCCC#CCN(CC(=O)OC1CN(S(=O)(=O)c2ccc(C)cc2)C/C1=C\CCCCCCCCCC)S(=O)(=O)c1ccc(C)cc1. The van der Waals surface area contributed by atoms with E-state index < -0.39 is 38.7 Å². The van der Waals surface area contributed by atoms with Crippen molar-refractivity contribution in [2.24, 2.45) is 0 Å². The number of hydrogen-bond acceptors (Lipinski definition) is 6. The lowest BCUT2D eigenvalue weighted by Gasteiger charge is -2.21. The lowest BCUT2D eigenvalue weighted by Crippen LogP contribution is -2.38. The average Bonchev–Trinajstić information content (AvgIpc) is 3.55. The van der Waals surface area contributed by atoms with Gasteiger partial charge in [0.2, 0.25) is 20.0 Å². The van der Waals surface area contributed by atoms with Crippen molar-refractivity contribution in [2.75, 3.05) is 26.2 Å². The second kappa shape index (κ2) is 24.5. The minimum absolute atomic E-state index is 0.0334. The van der Waals surface area contributed by atoms with Crippen molar-refractivity contribution in [1.82, 2.24) is 8.61 Å². The summed E-state index contributed by atoms with van der Waals surface area (Å²) in [5.41, 5.74) is 2.60. The topological polar surface area (TPSA) is 101 Å². The molecular weight excluding hydrogens is 717 g/mol. The number of esters is 1. The van der Waals surface area contributed by atoms with Crippen molar-refractivity contribution < 1.29 is 26.4 Å². The predicted molar refractivity (Wildman–Crippen MR) is 220 cm³/mol. The summed E-state index contributed by atoms with van der Waals surface area (Å²) >= 11 is 0. The Morgan fingerprint density at radius 1 is 0.722 bits per heavy atom. The van der Waals surface area contributed by atoms with E-state index in [0.717, 1.165) is 59.5 Å². The van der Waals surface area contributed by atoms with Crippen molar-refractivity contribution in [1.29, 1.82) is 0 Å². The molecule has 0 bridgehead atoms. The van der Waals surface area contributed by atoms with Crippen LogP contribution in [0.5, 0.6) is 0 Å². The second-order valence-corrected chi connectivity index (χ2v) is 18.7.